The number of carbonyl (C=O) groups is 1. The summed E-state index contributed by atoms with van der Waals surface area (Å²) in [5, 5.41) is 5.72. The van der Waals surface area contributed by atoms with Crippen molar-refractivity contribution >= 4 is 40.2 Å². The highest BCUT2D eigenvalue weighted by molar-refractivity contribution is 6.30. The number of para-hydroxylation sites is 1. The Labute approximate surface area is 149 Å². The lowest BCUT2D eigenvalue weighted by atomic mass is 10.1. The van der Waals surface area contributed by atoms with Gasteiger partial charge >= 0.3 is 0 Å². The van der Waals surface area contributed by atoms with Gasteiger partial charge in [-0.2, -0.15) is 5.10 Å². The van der Waals surface area contributed by atoms with E-state index in [0.717, 1.165) is 16.5 Å². The summed E-state index contributed by atoms with van der Waals surface area (Å²) in [4.78, 5) is 15.3. The van der Waals surface area contributed by atoms with E-state index in [4.69, 9.17) is 16.3 Å². The minimum Gasteiger partial charge on any atom is -0.487 e. The number of nitrogens with zero attached hydrogens (tertiary/aromatic N) is 1. The smallest absolute Gasteiger partial charge is 0.273 e. The molecule has 0 aliphatic carbocycles. The molecule has 0 saturated carbocycles. The van der Waals surface area contributed by atoms with E-state index in [1.807, 2.05) is 36.5 Å². The molecule has 4 rings (SSSR count). The first-order valence-corrected chi connectivity index (χ1v) is 8.12. The molecule has 0 radical (unpaired) electrons. The molecular weight excluding hydrogens is 338 g/mol. The average Bonchev–Trinajstić information content (AvgIpc) is 3.18. The third kappa shape index (κ3) is 3.14. The molecule has 0 unspecified atom stereocenters. The SMILES string of the molecule is O=C1NN=C(COc2cccc(Cl)c2)/C1=C/c1c[nH]c2ccccc12. The molecule has 2 N–H and O–H groups in total. The number of hydrogen-bond acceptors (Lipinski definition) is 3. The first-order chi connectivity index (χ1) is 12.2. The van der Waals surface area contributed by atoms with Crippen LogP contribution in [-0.2, 0) is 4.79 Å². The van der Waals surface area contributed by atoms with Gasteiger partial charge in [0.15, 0.2) is 0 Å². The second-order valence-corrected chi connectivity index (χ2v) is 6.03. The summed E-state index contributed by atoms with van der Waals surface area (Å²) in [5.41, 5.74) is 5.48. The summed E-state index contributed by atoms with van der Waals surface area (Å²) in [6, 6.07) is 15.0. The highest BCUT2D eigenvalue weighted by Gasteiger charge is 2.23. The summed E-state index contributed by atoms with van der Waals surface area (Å²) in [5.74, 6) is 0.385. The molecule has 5 nitrogen and oxygen atoms in total. The van der Waals surface area contributed by atoms with Gasteiger partial charge in [-0.25, -0.2) is 5.43 Å². The Kier molecular flexibility index (Phi) is 3.99. The highest BCUT2D eigenvalue weighted by Crippen LogP contribution is 2.22. The zero-order valence-corrected chi connectivity index (χ0v) is 13.9. The predicted molar refractivity (Wildman–Crippen MR) is 98.8 cm³/mol. The number of carbonyl (C=O) groups excluding carboxylic acids is 1. The normalized spacial score (nSPS) is 15.5. The van der Waals surface area contributed by atoms with E-state index in [1.54, 1.807) is 24.3 Å². The Bertz CT molecular complexity index is 1020. The monoisotopic (exact) mass is 351 g/mol. The number of fused-ring (bicyclic) bond motifs is 1. The van der Waals surface area contributed by atoms with Crippen molar-refractivity contribution in [1.29, 1.82) is 0 Å². The molecule has 1 amide bonds. The van der Waals surface area contributed by atoms with Crippen molar-refractivity contribution in [1.82, 2.24) is 10.4 Å². The number of hydrazone groups is 1. The van der Waals surface area contributed by atoms with Crippen molar-refractivity contribution in [2.24, 2.45) is 5.10 Å². The molecule has 0 fully saturated rings. The summed E-state index contributed by atoms with van der Waals surface area (Å²) < 4.78 is 5.70. The van der Waals surface area contributed by atoms with Crippen LogP contribution in [0.4, 0.5) is 0 Å². The second-order valence-electron chi connectivity index (χ2n) is 5.59. The van der Waals surface area contributed by atoms with Gasteiger partial charge in [0.25, 0.3) is 5.91 Å². The van der Waals surface area contributed by atoms with Crippen molar-refractivity contribution in [3.8, 4) is 5.75 Å². The van der Waals surface area contributed by atoms with Gasteiger partial charge in [0.2, 0.25) is 0 Å². The van der Waals surface area contributed by atoms with Crippen LogP contribution in [0.15, 0.2) is 65.4 Å². The van der Waals surface area contributed by atoms with Crippen LogP contribution in [0.25, 0.3) is 17.0 Å². The molecule has 124 valence electrons. The van der Waals surface area contributed by atoms with Crippen LogP contribution in [0.1, 0.15) is 5.56 Å². The van der Waals surface area contributed by atoms with Gasteiger partial charge in [-0.05, 0) is 30.3 Å². The lowest BCUT2D eigenvalue weighted by Crippen LogP contribution is -2.16. The molecule has 1 aromatic heterocycles. The van der Waals surface area contributed by atoms with Crippen molar-refractivity contribution in [2.45, 2.75) is 0 Å². The number of ether oxygens (including phenoxy) is 1. The molecular formula is C19H14ClN3O2. The molecule has 1 aliphatic heterocycles. The van der Waals surface area contributed by atoms with Crippen LogP contribution in [0, 0.1) is 0 Å². The Balaban J connectivity index is 1.59. The minimum absolute atomic E-state index is 0.174. The second kappa shape index (κ2) is 6.45. The lowest BCUT2D eigenvalue weighted by molar-refractivity contribution is -0.116. The Hall–Kier alpha value is -3.05. The maximum absolute atomic E-state index is 12.1. The molecule has 1 aliphatic rings. The van der Waals surface area contributed by atoms with E-state index in [1.165, 1.54) is 0 Å². The fourth-order valence-electron chi connectivity index (χ4n) is 2.71. The van der Waals surface area contributed by atoms with Crippen molar-refractivity contribution in [3.05, 3.63) is 70.9 Å². The van der Waals surface area contributed by atoms with Gasteiger partial charge in [-0.1, -0.05) is 35.9 Å². The minimum atomic E-state index is -0.241. The number of H-pyrrole nitrogens is 1. The Morgan fingerprint density at radius 3 is 2.92 bits per heavy atom. The van der Waals surface area contributed by atoms with Crippen molar-refractivity contribution in [3.63, 3.8) is 0 Å². The van der Waals surface area contributed by atoms with Crippen LogP contribution < -0.4 is 10.2 Å². The Morgan fingerprint density at radius 2 is 2.04 bits per heavy atom. The first kappa shape index (κ1) is 15.5. The van der Waals surface area contributed by atoms with Crippen molar-refractivity contribution < 1.29 is 9.53 Å². The zero-order chi connectivity index (χ0) is 17.2. The average molecular weight is 352 g/mol. The van der Waals surface area contributed by atoms with Gasteiger partial charge in [-0.15, -0.1) is 0 Å². The van der Waals surface area contributed by atoms with Crippen LogP contribution in [0.3, 0.4) is 0 Å². The largest absolute Gasteiger partial charge is 0.487 e. The number of halogens is 1. The first-order valence-electron chi connectivity index (χ1n) is 7.74. The van der Waals surface area contributed by atoms with E-state index in [2.05, 4.69) is 15.5 Å². The number of aromatic nitrogens is 1. The van der Waals surface area contributed by atoms with Crippen LogP contribution in [0.2, 0.25) is 5.02 Å². The summed E-state index contributed by atoms with van der Waals surface area (Å²) in [6.07, 6.45) is 3.69. The maximum atomic E-state index is 12.1. The van der Waals surface area contributed by atoms with E-state index in [9.17, 15) is 4.79 Å². The highest BCUT2D eigenvalue weighted by atomic mass is 35.5. The fraction of sp³-hybridized carbons (Fsp3) is 0.0526. The standard InChI is InChI=1S/C19H14ClN3O2/c20-13-4-3-5-14(9-13)25-11-18-16(19(24)23-22-18)8-12-10-21-17-7-2-1-6-15(12)17/h1-10,21H,11H2,(H,23,24)/b16-8-. The topological polar surface area (TPSA) is 66.5 Å². The molecule has 2 aromatic carbocycles. The molecule has 6 heteroatoms. The third-order valence-corrected chi connectivity index (χ3v) is 4.18. The predicted octanol–water partition coefficient (Wildman–Crippen LogP) is 3.77. The number of aromatic amines is 1. The van der Waals surface area contributed by atoms with E-state index in [0.29, 0.717) is 22.1 Å². The quantitative estimate of drug-likeness (QED) is 0.703. The number of hydrogen-bond donors (Lipinski definition) is 2. The molecule has 0 bridgehead atoms. The van der Waals surface area contributed by atoms with Gasteiger partial charge < -0.3 is 9.72 Å². The van der Waals surface area contributed by atoms with Crippen molar-refractivity contribution in [2.75, 3.05) is 6.61 Å². The van der Waals surface area contributed by atoms with Gasteiger partial charge in [0.1, 0.15) is 18.1 Å². The van der Waals surface area contributed by atoms with Gasteiger partial charge in [0.05, 0.1) is 5.57 Å². The number of amides is 1. The number of nitrogens with one attached hydrogen (secondary N) is 2. The third-order valence-electron chi connectivity index (χ3n) is 3.94. The molecule has 0 saturated heterocycles. The summed E-state index contributed by atoms with van der Waals surface area (Å²) in [7, 11) is 0. The van der Waals surface area contributed by atoms with Gasteiger partial charge in [0, 0.05) is 27.7 Å². The van der Waals surface area contributed by atoms with Crippen LogP contribution in [0.5, 0.6) is 5.75 Å². The summed E-state index contributed by atoms with van der Waals surface area (Å²) >= 11 is 5.95. The van der Waals surface area contributed by atoms with E-state index >= 15 is 0 Å². The van der Waals surface area contributed by atoms with Gasteiger partial charge in [-0.3, -0.25) is 4.79 Å². The molecule has 2 heterocycles. The fourth-order valence-corrected chi connectivity index (χ4v) is 2.89. The van der Waals surface area contributed by atoms with Crippen LogP contribution in [-0.4, -0.2) is 23.2 Å². The lowest BCUT2D eigenvalue weighted by Gasteiger charge is -2.06. The molecule has 25 heavy (non-hydrogen) atoms. The van der Waals surface area contributed by atoms with Crippen LogP contribution >= 0.6 is 11.6 Å². The van der Waals surface area contributed by atoms with E-state index < -0.39 is 0 Å². The maximum Gasteiger partial charge on any atom is 0.273 e. The number of benzene rings is 2. The van der Waals surface area contributed by atoms with E-state index in [-0.39, 0.29) is 12.5 Å². The zero-order valence-electron chi connectivity index (χ0n) is 13.1. The molecule has 3 aromatic rings. The molecule has 0 atom stereocenters. The molecule has 0 spiro atoms. The number of rotatable bonds is 4. The Morgan fingerprint density at radius 1 is 1.16 bits per heavy atom. The summed E-state index contributed by atoms with van der Waals surface area (Å²) in [6.45, 7) is 0.174.